The molecule has 3 unspecified atom stereocenters. The Bertz CT molecular complexity index is 867. The van der Waals surface area contributed by atoms with Gasteiger partial charge in [-0.05, 0) is 50.6 Å². The van der Waals surface area contributed by atoms with Crippen LogP contribution in [0.5, 0.6) is 0 Å². The number of aromatic nitrogens is 2. The van der Waals surface area contributed by atoms with Crippen molar-refractivity contribution in [2.75, 3.05) is 37.6 Å². The normalized spacial score (nSPS) is 25.5. The highest BCUT2D eigenvalue weighted by Crippen LogP contribution is 2.26. The Morgan fingerprint density at radius 2 is 2.33 bits per heavy atom. The van der Waals surface area contributed by atoms with Gasteiger partial charge < -0.3 is 20.3 Å². The number of nitrogens with zero attached hydrogens (tertiary/aromatic N) is 4. The lowest BCUT2D eigenvalue weighted by atomic mass is 10.1. The van der Waals surface area contributed by atoms with Gasteiger partial charge in [0, 0.05) is 13.1 Å². The van der Waals surface area contributed by atoms with Gasteiger partial charge >= 0.3 is 0 Å². The summed E-state index contributed by atoms with van der Waals surface area (Å²) < 4.78 is 7.55. The minimum atomic E-state index is -0.512. The fraction of sp³-hybridized carbons (Fsp3) is 0.526. The molecule has 0 radical (unpaired) electrons. The summed E-state index contributed by atoms with van der Waals surface area (Å²) in [5, 5.41) is 19.9. The number of morpholine rings is 1. The number of ether oxygens (including phenoxy) is 1. The van der Waals surface area contributed by atoms with Crippen LogP contribution in [0.15, 0.2) is 24.4 Å². The summed E-state index contributed by atoms with van der Waals surface area (Å²) in [6, 6.07) is 7.73. The second kappa shape index (κ2) is 7.55. The van der Waals surface area contributed by atoms with Crippen molar-refractivity contribution in [2.24, 2.45) is 5.92 Å². The molecule has 8 nitrogen and oxygen atoms in total. The van der Waals surface area contributed by atoms with Crippen LogP contribution in [0.25, 0.3) is 5.52 Å². The lowest BCUT2D eigenvalue weighted by Crippen LogP contribution is -2.53. The van der Waals surface area contributed by atoms with E-state index < -0.39 is 6.10 Å². The topological polar surface area (TPSA) is 94.7 Å². The SMILES string of the molecule is CC1CN(c2ccc(C#N)n3nccc23)CC(C(=O)NCC2CCNC2)O1. The minimum Gasteiger partial charge on any atom is -0.364 e. The van der Waals surface area contributed by atoms with E-state index >= 15 is 0 Å². The first kappa shape index (κ1) is 17.8. The average molecular weight is 368 g/mol. The van der Waals surface area contributed by atoms with Crippen LogP contribution in [0, 0.1) is 17.2 Å². The van der Waals surface area contributed by atoms with E-state index in [1.807, 2.05) is 19.1 Å². The second-order valence-electron chi connectivity index (χ2n) is 7.29. The molecule has 0 spiro atoms. The van der Waals surface area contributed by atoms with E-state index in [0.717, 1.165) is 30.7 Å². The first-order valence-electron chi connectivity index (χ1n) is 9.41. The van der Waals surface area contributed by atoms with Crippen LogP contribution in [0.4, 0.5) is 5.69 Å². The van der Waals surface area contributed by atoms with Crippen molar-refractivity contribution < 1.29 is 9.53 Å². The first-order chi connectivity index (χ1) is 13.2. The van der Waals surface area contributed by atoms with Crippen molar-refractivity contribution in [1.29, 1.82) is 5.26 Å². The molecule has 4 heterocycles. The Morgan fingerprint density at radius 3 is 3.11 bits per heavy atom. The number of hydrogen-bond acceptors (Lipinski definition) is 6. The second-order valence-corrected chi connectivity index (χ2v) is 7.29. The molecule has 8 heteroatoms. The van der Waals surface area contributed by atoms with Gasteiger partial charge in [0.2, 0.25) is 0 Å². The molecule has 4 rings (SSSR count). The molecule has 27 heavy (non-hydrogen) atoms. The fourth-order valence-electron chi connectivity index (χ4n) is 3.90. The zero-order valence-electron chi connectivity index (χ0n) is 15.4. The van der Waals surface area contributed by atoms with Gasteiger partial charge in [-0.25, -0.2) is 4.52 Å². The lowest BCUT2D eigenvalue weighted by Gasteiger charge is -2.37. The molecule has 0 aromatic carbocycles. The third-order valence-corrected chi connectivity index (χ3v) is 5.27. The van der Waals surface area contributed by atoms with Crippen molar-refractivity contribution in [3.05, 3.63) is 30.1 Å². The molecule has 0 saturated carbocycles. The van der Waals surface area contributed by atoms with Crippen LogP contribution >= 0.6 is 0 Å². The molecule has 2 aliphatic heterocycles. The number of carbonyl (C=O) groups excluding carboxylic acids is 1. The first-order valence-corrected chi connectivity index (χ1v) is 9.41. The van der Waals surface area contributed by atoms with E-state index in [4.69, 9.17) is 4.74 Å². The Kier molecular flexibility index (Phi) is 4.97. The number of hydrogen-bond donors (Lipinski definition) is 2. The number of fused-ring (bicyclic) bond motifs is 1. The standard InChI is InChI=1S/C19H24N6O2/c1-13-11-24(16-3-2-15(8-20)25-17(16)5-7-23-25)12-18(27-13)19(26)22-10-14-4-6-21-9-14/h2-3,5,7,13-14,18,21H,4,6,9-12H2,1H3,(H,22,26). The molecule has 142 valence electrons. The van der Waals surface area contributed by atoms with Gasteiger partial charge in [0.05, 0.1) is 30.0 Å². The highest BCUT2D eigenvalue weighted by molar-refractivity contribution is 5.82. The summed E-state index contributed by atoms with van der Waals surface area (Å²) in [5.41, 5.74) is 2.30. The van der Waals surface area contributed by atoms with Crippen LogP contribution in [-0.4, -0.2) is 60.5 Å². The molecule has 3 atom stereocenters. The summed E-state index contributed by atoms with van der Waals surface area (Å²) >= 11 is 0. The zero-order chi connectivity index (χ0) is 18.8. The molecule has 2 N–H and O–H groups in total. The van der Waals surface area contributed by atoms with Crippen LogP contribution < -0.4 is 15.5 Å². The molecule has 2 saturated heterocycles. The number of rotatable bonds is 4. The summed E-state index contributed by atoms with van der Waals surface area (Å²) in [5.74, 6) is 0.438. The van der Waals surface area contributed by atoms with Gasteiger partial charge in [-0.15, -0.1) is 0 Å². The maximum Gasteiger partial charge on any atom is 0.251 e. The van der Waals surface area contributed by atoms with Crippen LogP contribution in [0.2, 0.25) is 0 Å². The minimum absolute atomic E-state index is 0.0587. The quantitative estimate of drug-likeness (QED) is 0.817. The Labute approximate surface area is 158 Å². The summed E-state index contributed by atoms with van der Waals surface area (Å²) in [4.78, 5) is 14.8. The highest BCUT2D eigenvalue weighted by Gasteiger charge is 2.32. The van der Waals surface area contributed by atoms with Gasteiger partial charge in [-0.1, -0.05) is 0 Å². The van der Waals surface area contributed by atoms with Crippen LogP contribution in [0.3, 0.4) is 0 Å². The molecule has 2 fully saturated rings. The van der Waals surface area contributed by atoms with Gasteiger partial charge in [0.25, 0.3) is 5.91 Å². The third-order valence-electron chi connectivity index (χ3n) is 5.27. The number of amides is 1. The number of carbonyl (C=O) groups is 1. The largest absolute Gasteiger partial charge is 0.364 e. The molecule has 0 bridgehead atoms. The fourth-order valence-corrected chi connectivity index (χ4v) is 3.90. The van der Waals surface area contributed by atoms with Crippen molar-refractivity contribution in [2.45, 2.75) is 25.6 Å². The van der Waals surface area contributed by atoms with Gasteiger partial charge in [-0.2, -0.15) is 10.4 Å². The number of anilines is 1. The van der Waals surface area contributed by atoms with E-state index in [1.165, 1.54) is 0 Å². The molecule has 0 aliphatic carbocycles. The summed E-state index contributed by atoms with van der Waals surface area (Å²) in [7, 11) is 0. The summed E-state index contributed by atoms with van der Waals surface area (Å²) in [6.07, 6.45) is 2.20. The van der Waals surface area contributed by atoms with E-state index in [9.17, 15) is 10.1 Å². The Morgan fingerprint density at radius 1 is 1.44 bits per heavy atom. The van der Waals surface area contributed by atoms with E-state index in [0.29, 0.717) is 31.2 Å². The molecule has 2 aliphatic rings. The van der Waals surface area contributed by atoms with Crippen LogP contribution in [-0.2, 0) is 9.53 Å². The maximum absolute atomic E-state index is 12.6. The highest BCUT2D eigenvalue weighted by atomic mass is 16.5. The Balaban J connectivity index is 1.50. The van der Waals surface area contributed by atoms with Crippen LogP contribution in [0.1, 0.15) is 19.0 Å². The molecule has 2 aromatic heterocycles. The van der Waals surface area contributed by atoms with Gasteiger partial charge in [0.15, 0.2) is 6.10 Å². The molecular weight excluding hydrogens is 344 g/mol. The number of pyridine rings is 1. The molecule has 2 aromatic rings. The Hall–Kier alpha value is -2.63. The predicted molar refractivity (Wildman–Crippen MR) is 100 cm³/mol. The number of nitrogens with one attached hydrogen (secondary N) is 2. The van der Waals surface area contributed by atoms with Crippen molar-refractivity contribution in [1.82, 2.24) is 20.2 Å². The van der Waals surface area contributed by atoms with Crippen molar-refractivity contribution >= 4 is 17.1 Å². The monoisotopic (exact) mass is 368 g/mol. The van der Waals surface area contributed by atoms with Crippen molar-refractivity contribution in [3.8, 4) is 6.07 Å². The average Bonchev–Trinajstić information content (AvgIpc) is 3.36. The third kappa shape index (κ3) is 3.61. The van der Waals surface area contributed by atoms with Gasteiger partial charge in [-0.3, -0.25) is 4.79 Å². The van der Waals surface area contributed by atoms with E-state index in [1.54, 1.807) is 16.8 Å². The zero-order valence-corrected chi connectivity index (χ0v) is 15.4. The van der Waals surface area contributed by atoms with E-state index in [-0.39, 0.29) is 12.0 Å². The van der Waals surface area contributed by atoms with E-state index in [2.05, 4.69) is 26.7 Å². The summed E-state index contributed by atoms with van der Waals surface area (Å²) in [6.45, 7) is 5.80. The predicted octanol–water partition coefficient (Wildman–Crippen LogP) is 0.525. The van der Waals surface area contributed by atoms with Crippen molar-refractivity contribution in [3.63, 3.8) is 0 Å². The smallest absolute Gasteiger partial charge is 0.251 e. The number of nitriles is 1. The van der Waals surface area contributed by atoms with Gasteiger partial charge in [0.1, 0.15) is 11.8 Å². The lowest BCUT2D eigenvalue weighted by molar-refractivity contribution is -0.137. The molecule has 1 amide bonds. The molecular formula is C19H24N6O2. The maximum atomic E-state index is 12.6.